The summed E-state index contributed by atoms with van der Waals surface area (Å²) in [4.78, 5) is 26.6. The quantitative estimate of drug-likeness (QED) is 0.820. The van der Waals surface area contributed by atoms with Crippen LogP contribution in [0.1, 0.15) is 29.4 Å². The van der Waals surface area contributed by atoms with Crippen molar-refractivity contribution < 1.29 is 9.59 Å². The second-order valence-electron chi connectivity index (χ2n) is 4.99. The summed E-state index contributed by atoms with van der Waals surface area (Å²) < 4.78 is 0.892. The molecular weight excluding hydrogens is 378 g/mol. The summed E-state index contributed by atoms with van der Waals surface area (Å²) in [6.07, 6.45) is 1.87. The molecule has 5 nitrogen and oxygen atoms in total. The molecule has 1 saturated heterocycles. The molecule has 2 heterocycles. The fourth-order valence-corrected chi connectivity index (χ4v) is 3.54. The Morgan fingerprint density at radius 3 is 2.81 bits per heavy atom. The van der Waals surface area contributed by atoms with Crippen LogP contribution in [0.3, 0.4) is 0 Å². The molecule has 0 aliphatic carbocycles. The van der Waals surface area contributed by atoms with Gasteiger partial charge in [-0.2, -0.15) is 0 Å². The van der Waals surface area contributed by atoms with E-state index in [-0.39, 0.29) is 30.3 Å². The average Bonchev–Trinajstić information content (AvgIpc) is 2.84. The Labute approximate surface area is 142 Å². The highest BCUT2D eigenvalue weighted by Crippen LogP contribution is 2.22. The maximum absolute atomic E-state index is 12.3. The third-order valence-corrected chi connectivity index (χ3v) is 4.91. The van der Waals surface area contributed by atoms with Crippen molar-refractivity contribution in [3.05, 3.63) is 20.8 Å². The molecule has 21 heavy (non-hydrogen) atoms. The minimum absolute atomic E-state index is 0. The van der Waals surface area contributed by atoms with Crippen molar-refractivity contribution in [2.45, 2.75) is 31.8 Å². The lowest BCUT2D eigenvalue weighted by Gasteiger charge is -2.32. The zero-order chi connectivity index (χ0) is 14.7. The number of rotatable bonds is 3. The SMILES string of the molecule is CC(NC(=O)c1ccc(Br)s1)C(=O)N1CCCC(N)C1.Cl. The van der Waals surface area contributed by atoms with Gasteiger partial charge in [0.15, 0.2) is 0 Å². The van der Waals surface area contributed by atoms with Crippen molar-refractivity contribution in [3.8, 4) is 0 Å². The molecule has 0 aromatic carbocycles. The number of nitrogens with zero attached hydrogens (tertiary/aromatic N) is 1. The van der Waals surface area contributed by atoms with Gasteiger partial charge in [0.1, 0.15) is 6.04 Å². The average molecular weight is 397 g/mol. The lowest BCUT2D eigenvalue weighted by Crippen LogP contribution is -2.52. The van der Waals surface area contributed by atoms with E-state index in [0.717, 1.165) is 23.2 Å². The highest BCUT2D eigenvalue weighted by atomic mass is 79.9. The number of likely N-dealkylation sites (tertiary alicyclic amines) is 1. The van der Waals surface area contributed by atoms with Crippen molar-refractivity contribution in [1.82, 2.24) is 10.2 Å². The normalized spacial score (nSPS) is 19.6. The number of thiophene rings is 1. The van der Waals surface area contributed by atoms with E-state index in [0.29, 0.717) is 11.4 Å². The van der Waals surface area contributed by atoms with Crippen LogP contribution in [-0.4, -0.2) is 41.9 Å². The second-order valence-corrected chi connectivity index (χ2v) is 7.45. The van der Waals surface area contributed by atoms with Gasteiger partial charge >= 0.3 is 0 Å². The highest BCUT2D eigenvalue weighted by molar-refractivity contribution is 9.11. The molecule has 2 unspecified atom stereocenters. The molecule has 2 atom stereocenters. The van der Waals surface area contributed by atoms with Gasteiger partial charge in [-0.1, -0.05) is 0 Å². The van der Waals surface area contributed by atoms with Crippen molar-refractivity contribution in [2.24, 2.45) is 5.73 Å². The highest BCUT2D eigenvalue weighted by Gasteiger charge is 2.26. The van der Waals surface area contributed by atoms with Crippen molar-refractivity contribution in [3.63, 3.8) is 0 Å². The first-order chi connectivity index (χ1) is 9.47. The molecule has 1 fully saturated rings. The third-order valence-electron chi connectivity index (χ3n) is 3.28. The van der Waals surface area contributed by atoms with Gasteiger partial charge in [-0.3, -0.25) is 9.59 Å². The minimum Gasteiger partial charge on any atom is -0.340 e. The lowest BCUT2D eigenvalue weighted by molar-refractivity contribution is -0.134. The number of carbonyl (C=O) groups is 2. The van der Waals surface area contributed by atoms with E-state index in [4.69, 9.17) is 5.73 Å². The molecule has 8 heteroatoms. The van der Waals surface area contributed by atoms with Crippen LogP contribution in [-0.2, 0) is 4.79 Å². The number of piperidine rings is 1. The maximum Gasteiger partial charge on any atom is 0.262 e. The molecular formula is C13H19BrClN3O2S. The van der Waals surface area contributed by atoms with E-state index in [1.807, 2.05) is 6.07 Å². The van der Waals surface area contributed by atoms with Gasteiger partial charge in [-0.05, 0) is 47.8 Å². The maximum atomic E-state index is 12.3. The van der Waals surface area contributed by atoms with E-state index in [9.17, 15) is 9.59 Å². The van der Waals surface area contributed by atoms with Crippen molar-refractivity contribution in [2.75, 3.05) is 13.1 Å². The Kier molecular flexibility index (Phi) is 7.12. The van der Waals surface area contributed by atoms with Gasteiger partial charge < -0.3 is 16.0 Å². The topological polar surface area (TPSA) is 75.4 Å². The Hall–Kier alpha value is -0.630. The predicted octanol–water partition coefficient (Wildman–Crippen LogP) is 2.00. The summed E-state index contributed by atoms with van der Waals surface area (Å²) in [6.45, 7) is 3.00. The van der Waals surface area contributed by atoms with E-state index in [1.54, 1.807) is 17.9 Å². The molecule has 1 aromatic heterocycles. The monoisotopic (exact) mass is 395 g/mol. The fourth-order valence-electron chi connectivity index (χ4n) is 2.25. The first-order valence-electron chi connectivity index (χ1n) is 6.58. The Bertz CT molecular complexity index is 511. The molecule has 0 saturated carbocycles. The van der Waals surface area contributed by atoms with Gasteiger partial charge in [0, 0.05) is 19.1 Å². The largest absolute Gasteiger partial charge is 0.340 e. The van der Waals surface area contributed by atoms with Crippen molar-refractivity contribution in [1.29, 1.82) is 0 Å². The Morgan fingerprint density at radius 2 is 2.24 bits per heavy atom. The molecule has 1 aliphatic rings. The molecule has 1 aliphatic heterocycles. The number of hydrogen-bond acceptors (Lipinski definition) is 4. The molecule has 0 spiro atoms. The Balaban J connectivity index is 0.00000220. The minimum atomic E-state index is -0.534. The predicted molar refractivity (Wildman–Crippen MR) is 90.0 cm³/mol. The van der Waals surface area contributed by atoms with Crippen LogP contribution >= 0.6 is 39.7 Å². The summed E-state index contributed by atoms with van der Waals surface area (Å²) in [7, 11) is 0. The molecule has 0 radical (unpaired) electrons. The molecule has 3 N–H and O–H groups in total. The van der Waals surface area contributed by atoms with E-state index < -0.39 is 6.04 Å². The van der Waals surface area contributed by atoms with E-state index >= 15 is 0 Å². The first kappa shape index (κ1) is 18.4. The van der Waals surface area contributed by atoms with Gasteiger partial charge in [0.2, 0.25) is 5.91 Å². The third kappa shape index (κ3) is 4.95. The zero-order valence-electron chi connectivity index (χ0n) is 11.7. The molecule has 2 rings (SSSR count). The van der Waals surface area contributed by atoms with Gasteiger partial charge in [-0.25, -0.2) is 0 Å². The van der Waals surface area contributed by atoms with Crippen LogP contribution in [0.25, 0.3) is 0 Å². The summed E-state index contributed by atoms with van der Waals surface area (Å²) in [6, 6.07) is 3.06. The number of hydrogen-bond donors (Lipinski definition) is 2. The Morgan fingerprint density at radius 1 is 1.52 bits per heavy atom. The molecule has 118 valence electrons. The number of nitrogens with one attached hydrogen (secondary N) is 1. The van der Waals surface area contributed by atoms with Crippen molar-refractivity contribution >= 4 is 51.5 Å². The van der Waals surface area contributed by atoms with E-state index in [1.165, 1.54) is 11.3 Å². The van der Waals surface area contributed by atoms with Crippen LogP contribution < -0.4 is 11.1 Å². The van der Waals surface area contributed by atoms with Gasteiger partial charge in [0.05, 0.1) is 8.66 Å². The fraction of sp³-hybridized carbons (Fsp3) is 0.538. The summed E-state index contributed by atoms with van der Waals surface area (Å²) >= 11 is 4.66. The second kappa shape index (κ2) is 8.12. The first-order valence-corrected chi connectivity index (χ1v) is 8.19. The van der Waals surface area contributed by atoms with E-state index in [2.05, 4.69) is 21.2 Å². The summed E-state index contributed by atoms with van der Waals surface area (Å²) in [5.74, 6) is -0.285. The standard InChI is InChI=1S/C13H18BrN3O2S.ClH/c1-8(13(19)17-6-2-3-9(15)7-17)16-12(18)10-4-5-11(14)20-10;/h4-5,8-9H,2-3,6-7,15H2,1H3,(H,16,18);1H. The molecule has 2 amide bonds. The lowest BCUT2D eigenvalue weighted by atomic mass is 10.1. The number of nitrogens with two attached hydrogens (primary N) is 1. The summed E-state index contributed by atoms with van der Waals surface area (Å²) in [5.41, 5.74) is 5.87. The van der Waals surface area contributed by atoms with Gasteiger partial charge in [0.25, 0.3) is 5.91 Å². The van der Waals surface area contributed by atoms with Crippen LogP contribution in [0, 0.1) is 0 Å². The van der Waals surface area contributed by atoms with Crippen LogP contribution in [0.4, 0.5) is 0 Å². The van der Waals surface area contributed by atoms with Gasteiger partial charge in [-0.15, -0.1) is 23.7 Å². The van der Waals surface area contributed by atoms with Crippen LogP contribution in [0.5, 0.6) is 0 Å². The number of amides is 2. The zero-order valence-corrected chi connectivity index (χ0v) is 14.9. The molecule has 0 bridgehead atoms. The summed E-state index contributed by atoms with van der Waals surface area (Å²) in [5, 5.41) is 2.74. The molecule has 1 aromatic rings. The van der Waals surface area contributed by atoms with Crippen LogP contribution in [0.2, 0.25) is 0 Å². The number of halogens is 2. The number of carbonyl (C=O) groups excluding carboxylic acids is 2. The van der Waals surface area contributed by atoms with Crippen LogP contribution in [0.15, 0.2) is 15.9 Å². The smallest absolute Gasteiger partial charge is 0.262 e.